The number of aryl methyl sites for hydroxylation is 2. The van der Waals surface area contributed by atoms with E-state index in [1.165, 1.54) is 17.4 Å². The summed E-state index contributed by atoms with van der Waals surface area (Å²) in [6.07, 6.45) is 3.23. The predicted octanol–water partition coefficient (Wildman–Crippen LogP) is 5.61. The second kappa shape index (κ2) is 9.82. The number of rotatable bonds is 7. The van der Waals surface area contributed by atoms with Gasteiger partial charge in [-0.05, 0) is 61.6 Å². The maximum atomic E-state index is 12.1. The number of carbonyl (C=O) groups excluding carboxylic acids is 2. The van der Waals surface area contributed by atoms with Gasteiger partial charge in [-0.2, -0.15) is 0 Å². The summed E-state index contributed by atoms with van der Waals surface area (Å²) in [5.74, 6) is 0.526. The van der Waals surface area contributed by atoms with Gasteiger partial charge >= 0.3 is 0 Å². The Kier molecular flexibility index (Phi) is 7.18. The second-order valence-corrected chi connectivity index (χ2v) is 9.14. The van der Waals surface area contributed by atoms with Crippen LogP contribution in [-0.4, -0.2) is 21.9 Å². The number of aromatic nitrogens is 2. The number of hydrogen-bond donors (Lipinski definition) is 1. The largest absolute Gasteiger partial charge is 0.297 e. The number of thioether (sulfide) groups is 1. The number of ketones is 1. The van der Waals surface area contributed by atoms with Crippen molar-refractivity contribution < 1.29 is 9.59 Å². The summed E-state index contributed by atoms with van der Waals surface area (Å²) in [6.45, 7) is 7.63. The standard InChI is InChI=1S/C23H23N3O2S2/c1-14-12-15(2)21(17(4)27)16(3)19(14)13-29-23-26-25-22(30-23)24-20(28)11-10-18-8-6-5-7-9-18/h5-12H,13H2,1-4H3,(H,24,25,28). The van der Waals surface area contributed by atoms with E-state index in [0.717, 1.165) is 37.7 Å². The van der Waals surface area contributed by atoms with E-state index in [9.17, 15) is 9.59 Å². The molecule has 0 saturated heterocycles. The Balaban J connectivity index is 1.64. The molecule has 30 heavy (non-hydrogen) atoms. The number of benzene rings is 2. The topological polar surface area (TPSA) is 72.0 Å². The molecule has 154 valence electrons. The summed E-state index contributed by atoms with van der Waals surface area (Å²) in [6, 6.07) is 11.7. The molecule has 1 heterocycles. The summed E-state index contributed by atoms with van der Waals surface area (Å²) in [5, 5.41) is 11.4. The van der Waals surface area contributed by atoms with E-state index in [0.29, 0.717) is 10.9 Å². The van der Waals surface area contributed by atoms with Gasteiger partial charge in [0.05, 0.1) is 0 Å². The Labute approximate surface area is 184 Å². The highest BCUT2D eigenvalue weighted by molar-refractivity contribution is 8.00. The molecule has 3 rings (SSSR count). The Morgan fingerprint density at radius 2 is 1.83 bits per heavy atom. The second-order valence-electron chi connectivity index (χ2n) is 6.94. The smallest absolute Gasteiger partial charge is 0.250 e. The molecule has 0 aliphatic rings. The van der Waals surface area contributed by atoms with Gasteiger partial charge in [0.15, 0.2) is 10.1 Å². The van der Waals surface area contributed by atoms with Crippen molar-refractivity contribution in [2.45, 2.75) is 37.8 Å². The third-order valence-corrected chi connectivity index (χ3v) is 6.68. The van der Waals surface area contributed by atoms with Crippen molar-refractivity contribution >= 4 is 46.0 Å². The van der Waals surface area contributed by atoms with Crippen LogP contribution in [0.15, 0.2) is 46.8 Å². The molecule has 7 heteroatoms. The molecule has 0 aliphatic heterocycles. The van der Waals surface area contributed by atoms with E-state index >= 15 is 0 Å². The van der Waals surface area contributed by atoms with Crippen LogP contribution in [0.5, 0.6) is 0 Å². The van der Waals surface area contributed by atoms with Gasteiger partial charge in [0.25, 0.3) is 0 Å². The van der Waals surface area contributed by atoms with E-state index in [-0.39, 0.29) is 11.7 Å². The highest BCUT2D eigenvalue weighted by Gasteiger charge is 2.15. The van der Waals surface area contributed by atoms with Crippen LogP contribution in [0, 0.1) is 20.8 Å². The molecule has 1 aromatic heterocycles. The van der Waals surface area contributed by atoms with Crippen LogP contribution in [-0.2, 0) is 10.5 Å². The maximum Gasteiger partial charge on any atom is 0.250 e. The Morgan fingerprint density at radius 1 is 1.10 bits per heavy atom. The van der Waals surface area contributed by atoms with Gasteiger partial charge in [-0.15, -0.1) is 10.2 Å². The molecule has 0 atom stereocenters. The number of nitrogens with one attached hydrogen (secondary N) is 1. The SMILES string of the molecule is CC(=O)c1c(C)cc(C)c(CSc2nnc(NC(=O)C=Cc3ccccc3)s2)c1C. The zero-order valence-corrected chi connectivity index (χ0v) is 19.0. The Morgan fingerprint density at radius 3 is 2.53 bits per heavy atom. The van der Waals surface area contributed by atoms with E-state index in [4.69, 9.17) is 0 Å². The highest BCUT2D eigenvalue weighted by Crippen LogP contribution is 2.32. The molecule has 0 unspecified atom stereocenters. The van der Waals surface area contributed by atoms with Crippen LogP contribution in [0.25, 0.3) is 6.08 Å². The lowest BCUT2D eigenvalue weighted by molar-refractivity contribution is -0.111. The molecule has 0 bridgehead atoms. The zero-order chi connectivity index (χ0) is 21.7. The number of carbonyl (C=O) groups is 2. The van der Waals surface area contributed by atoms with Crippen molar-refractivity contribution in [3.8, 4) is 0 Å². The first-order valence-electron chi connectivity index (χ1n) is 9.46. The molecule has 0 radical (unpaired) electrons. The third kappa shape index (κ3) is 5.43. The quantitative estimate of drug-likeness (QED) is 0.225. The van der Waals surface area contributed by atoms with Gasteiger partial charge in [0, 0.05) is 17.4 Å². The number of nitrogens with zero attached hydrogens (tertiary/aromatic N) is 2. The van der Waals surface area contributed by atoms with Crippen molar-refractivity contribution in [2.24, 2.45) is 0 Å². The third-order valence-electron chi connectivity index (χ3n) is 4.69. The predicted molar refractivity (Wildman–Crippen MR) is 124 cm³/mol. The molecule has 5 nitrogen and oxygen atoms in total. The lowest BCUT2D eigenvalue weighted by Gasteiger charge is -2.15. The molecule has 2 aromatic carbocycles. The van der Waals surface area contributed by atoms with Crippen LogP contribution in [0.3, 0.4) is 0 Å². The first-order chi connectivity index (χ1) is 14.3. The lowest BCUT2D eigenvalue weighted by atomic mass is 9.92. The monoisotopic (exact) mass is 437 g/mol. The van der Waals surface area contributed by atoms with Gasteiger partial charge in [-0.1, -0.05) is 59.5 Å². The van der Waals surface area contributed by atoms with Gasteiger partial charge in [0.1, 0.15) is 0 Å². The van der Waals surface area contributed by atoms with Gasteiger partial charge in [-0.25, -0.2) is 0 Å². The first kappa shape index (κ1) is 21.9. The van der Waals surface area contributed by atoms with Crippen molar-refractivity contribution in [3.05, 3.63) is 75.9 Å². The van der Waals surface area contributed by atoms with Gasteiger partial charge in [0.2, 0.25) is 11.0 Å². The minimum absolute atomic E-state index is 0.0840. The molecular weight excluding hydrogens is 414 g/mol. The van der Waals surface area contributed by atoms with Crippen LogP contribution in [0.4, 0.5) is 5.13 Å². The average molecular weight is 438 g/mol. The summed E-state index contributed by atoms with van der Waals surface area (Å²) in [7, 11) is 0. The summed E-state index contributed by atoms with van der Waals surface area (Å²) in [4.78, 5) is 24.1. The van der Waals surface area contributed by atoms with Crippen LogP contribution < -0.4 is 5.32 Å². The minimum atomic E-state index is -0.247. The zero-order valence-electron chi connectivity index (χ0n) is 17.4. The van der Waals surface area contributed by atoms with Crippen molar-refractivity contribution in [1.29, 1.82) is 0 Å². The van der Waals surface area contributed by atoms with Gasteiger partial charge in [-0.3, -0.25) is 14.9 Å². The van der Waals surface area contributed by atoms with E-state index in [2.05, 4.69) is 28.5 Å². The van der Waals surface area contributed by atoms with Crippen LogP contribution >= 0.6 is 23.1 Å². The highest BCUT2D eigenvalue weighted by atomic mass is 32.2. The van der Waals surface area contributed by atoms with E-state index < -0.39 is 0 Å². The van der Waals surface area contributed by atoms with E-state index in [1.54, 1.807) is 24.8 Å². The minimum Gasteiger partial charge on any atom is -0.297 e. The molecule has 1 amide bonds. The first-order valence-corrected chi connectivity index (χ1v) is 11.3. The van der Waals surface area contributed by atoms with Crippen molar-refractivity contribution in [2.75, 3.05) is 5.32 Å². The average Bonchev–Trinajstić information content (AvgIpc) is 3.13. The molecule has 1 N–H and O–H groups in total. The van der Waals surface area contributed by atoms with Crippen molar-refractivity contribution in [3.63, 3.8) is 0 Å². The van der Waals surface area contributed by atoms with Crippen LogP contribution in [0.2, 0.25) is 0 Å². The number of Topliss-reactive ketones (excluding diaryl/α,β-unsaturated/α-hetero) is 1. The van der Waals surface area contributed by atoms with Crippen molar-refractivity contribution in [1.82, 2.24) is 10.2 Å². The summed E-state index contributed by atoms with van der Waals surface area (Å²) in [5.41, 5.74) is 6.09. The fourth-order valence-electron chi connectivity index (χ4n) is 3.33. The molecule has 0 saturated carbocycles. The normalized spacial score (nSPS) is 11.1. The maximum absolute atomic E-state index is 12.1. The molecule has 3 aromatic rings. The van der Waals surface area contributed by atoms with E-state index in [1.807, 2.05) is 44.2 Å². The molecule has 0 aliphatic carbocycles. The number of hydrogen-bond acceptors (Lipinski definition) is 6. The Bertz CT molecular complexity index is 1110. The molecular formula is C23H23N3O2S2. The summed E-state index contributed by atoms with van der Waals surface area (Å²) >= 11 is 2.89. The fraction of sp³-hybridized carbons (Fsp3) is 0.217. The van der Waals surface area contributed by atoms with Gasteiger partial charge < -0.3 is 0 Å². The number of anilines is 1. The number of amides is 1. The summed E-state index contributed by atoms with van der Waals surface area (Å²) < 4.78 is 0.765. The Hall–Kier alpha value is -2.77. The lowest BCUT2D eigenvalue weighted by Crippen LogP contribution is -2.07. The molecule has 0 fully saturated rings. The molecule has 0 spiro atoms. The fourth-order valence-corrected chi connectivity index (χ4v) is 5.27. The van der Waals surface area contributed by atoms with Crippen LogP contribution in [0.1, 0.15) is 45.1 Å².